The highest BCUT2D eigenvalue weighted by Gasteiger charge is 2.14. The number of phenolic OH excluding ortho intramolecular Hbond substituents is 1. The maximum absolute atomic E-state index is 10.1. The molecule has 0 saturated heterocycles. The normalized spacial score (nSPS) is 13.8. The molecule has 0 heterocycles. The first-order chi connectivity index (χ1) is 10.6. The third-order valence-corrected chi connectivity index (χ3v) is 4.48. The Bertz CT molecular complexity index is 568. The number of phenols is 1. The van der Waals surface area contributed by atoms with E-state index in [1.54, 1.807) is 48.5 Å². The number of aliphatic hydroxyl groups excluding tert-OH is 3. The first-order valence-corrected chi connectivity index (χ1v) is 8.04. The van der Waals surface area contributed by atoms with E-state index < -0.39 is 12.2 Å². The van der Waals surface area contributed by atoms with Crippen molar-refractivity contribution in [3.05, 3.63) is 59.7 Å². The molecule has 0 aliphatic rings. The topological polar surface area (TPSA) is 80.9 Å². The monoisotopic (exact) mass is 320 g/mol. The molecule has 0 aromatic heterocycles. The third-order valence-electron chi connectivity index (χ3n) is 3.32. The number of thioether (sulfide) groups is 1. The van der Waals surface area contributed by atoms with Crippen LogP contribution in [0.1, 0.15) is 23.7 Å². The average Bonchev–Trinajstić information content (AvgIpc) is 2.54. The number of aromatic hydroxyl groups is 1. The Kier molecular flexibility index (Phi) is 6.27. The van der Waals surface area contributed by atoms with Crippen LogP contribution in [-0.4, -0.2) is 32.3 Å². The summed E-state index contributed by atoms with van der Waals surface area (Å²) >= 11 is 1.48. The molecule has 0 unspecified atom stereocenters. The van der Waals surface area contributed by atoms with Gasteiger partial charge in [0, 0.05) is 17.1 Å². The summed E-state index contributed by atoms with van der Waals surface area (Å²) in [6, 6.07) is 13.8. The minimum absolute atomic E-state index is 0.0255. The molecule has 118 valence electrons. The van der Waals surface area contributed by atoms with Crippen molar-refractivity contribution in [1.82, 2.24) is 0 Å². The van der Waals surface area contributed by atoms with E-state index in [1.165, 1.54) is 11.8 Å². The van der Waals surface area contributed by atoms with Crippen molar-refractivity contribution in [3.8, 4) is 5.75 Å². The molecule has 0 fully saturated rings. The molecule has 2 atom stereocenters. The minimum atomic E-state index is -0.733. The standard InChI is InChI=1S/C17H20O4S/c18-10-12-1-3-13(4-2-12)17(21)9-15(20)11-22-16-7-5-14(19)6-8-16/h1-8,15,17-21H,9-11H2/t15-,17+/m0/s1. The summed E-state index contributed by atoms with van der Waals surface area (Å²) in [7, 11) is 0. The highest BCUT2D eigenvalue weighted by molar-refractivity contribution is 7.99. The van der Waals surface area contributed by atoms with Crippen molar-refractivity contribution in [1.29, 1.82) is 0 Å². The van der Waals surface area contributed by atoms with Gasteiger partial charge >= 0.3 is 0 Å². The molecule has 5 heteroatoms. The van der Waals surface area contributed by atoms with E-state index >= 15 is 0 Å². The van der Waals surface area contributed by atoms with Gasteiger partial charge in [-0.1, -0.05) is 24.3 Å². The van der Waals surface area contributed by atoms with Crippen molar-refractivity contribution in [2.24, 2.45) is 0 Å². The third kappa shape index (κ3) is 5.03. The summed E-state index contributed by atoms with van der Waals surface area (Å²) in [5.41, 5.74) is 1.52. The number of hydrogen-bond donors (Lipinski definition) is 4. The van der Waals surface area contributed by atoms with Crippen molar-refractivity contribution >= 4 is 11.8 Å². The van der Waals surface area contributed by atoms with Crippen LogP contribution in [0.2, 0.25) is 0 Å². The fraction of sp³-hybridized carbons (Fsp3) is 0.294. The van der Waals surface area contributed by atoms with Crippen LogP contribution in [0.25, 0.3) is 0 Å². The second-order valence-electron chi connectivity index (χ2n) is 5.11. The van der Waals surface area contributed by atoms with Gasteiger partial charge in [-0.2, -0.15) is 0 Å². The zero-order valence-electron chi connectivity index (χ0n) is 12.1. The van der Waals surface area contributed by atoms with Crippen LogP contribution in [0.3, 0.4) is 0 Å². The largest absolute Gasteiger partial charge is 0.508 e. The van der Waals surface area contributed by atoms with Crippen LogP contribution in [0, 0.1) is 0 Å². The molecule has 0 radical (unpaired) electrons. The quantitative estimate of drug-likeness (QED) is 0.589. The Labute approximate surface area is 134 Å². The van der Waals surface area contributed by atoms with E-state index in [1.807, 2.05) is 0 Å². The number of benzene rings is 2. The van der Waals surface area contributed by atoms with E-state index in [4.69, 9.17) is 5.11 Å². The van der Waals surface area contributed by atoms with Crippen LogP contribution in [-0.2, 0) is 6.61 Å². The van der Waals surface area contributed by atoms with Crippen molar-refractivity contribution in [2.45, 2.75) is 30.1 Å². The maximum Gasteiger partial charge on any atom is 0.115 e. The van der Waals surface area contributed by atoms with Gasteiger partial charge in [-0.15, -0.1) is 11.8 Å². The maximum atomic E-state index is 10.1. The molecule has 0 amide bonds. The highest BCUT2D eigenvalue weighted by Crippen LogP contribution is 2.25. The summed E-state index contributed by atoms with van der Waals surface area (Å²) in [6.07, 6.45) is -1.11. The molecule has 0 aliphatic heterocycles. The molecule has 0 aliphatic carbocycles. The van der Waals surface area contributed by atoms with E-state index in [0.717, 1.165) is 16.0 Å². The highest BCUT2D eigenvalue weighted by atomic mass is 32.2. The molecular formula is C17H20O4S. The first-order valence-electron chi connectivity index (χ1n) is 7.06. The summed E-state index contributed by atoms with van der Waals surface area (Å²) in [5.74, 6) is 0.683. The molecule has 0 bridgehead atoms. The second kappa shape index (κ2) is 8.19. The minimum Gasteiger partial charge on any atom is -0.508 e. The van der Waals surface area contributed by atoms with Crippen LogP contribution in [0.5, 0.6) is 5.75 Å². The lowest BCUT2D eigenvalue weighted by molar-refractivity contribution is 0.0931. The van der Waals surface area contributed by atoms with Crippen LogP contribution in [0.4, 0.5) is 0 Å². The van der Waals surface area contributed by atoms with Gasteiger partial charge in [-0.3, -0.25) is 0 Å². The van der Waals surface area contributed by atoms with E-state index in [2.05, 4.69) is 0 Å². The fourth-order valence-electron chi connectivity index (χ4n) is 2.04. The SMILES string of the molecule is OCc1ccc([C@H](O)C[C@H](O)CSc2ccc(O)cc2)cc1. The summed E-state index contributed by atoms with van der Waals surface area (Å²) in [4.78, 5) is 0.957. The molecule has 0 spiro atoms. The van der Waals surface area contributed by atoms with Crippen molar-refractivity contribution in [3.63, 3.8) is 0 Å². The Balaban J connectivity index is 1.82. The fourth-order valence-corrected chi connectivity index (χ4v) is 2.89. The molecule has 2 aromatic carbocycles. The first kappa shape index (κ1) is 16.8. The van der Waals surface area contributed by atoms with Gasteiger partial charge in [0.05, 0.1) is 18.8 Å². The van der Waals surface area contributed by atoms with E-state index in [-0.39, 0.29) is 18.8 Å². The van der Waals surface area contributed by atoms with Gasteiger partial charge in [0.25, 0.3) is 0 Å². The summed E-state index contributed by atoms with van der Waals surface area (Å²) in [6.45, 7) is -0.0255. The lowest BCUT2D eigenvalue weighted by Gasteiger charge is -2.16. The van der Waals surface area contributed by atoms with Gasteiger partial charge in [0.2, 0.25) is 0 Å². The lowest BCUT2D eigenvalue weighted by atomic mass is 10.0. The number of rotatable bonds is 7. The molecule has 2 aromatic rings. The smallest absolute Gasteiger partial charge is 0.115 e. The van der Waals surface area contributed by atoms with Crippen LogP contribution < -0.4 is 0 Å². The van der Waals surface area contributed by atoms with Gasteiger partial charge in [0.1, 0.15) is 5.75 Å². The molecule has 22 heavy (non-hydrogen) atoms. The molecular weight excluding hydrogens is 300 g/mol. The zero-order valence-corrected chi connectivity index (χ0v) is 12.9. The average molecular weight is 320 g/mol. The second-order valence-corrected chi connectivity index (χ2v) is 6.20. The molecule has 4 N–H and O–H groups in total. The Morgan fingerprint density at radius 3 is 2.14 bits per heavy atom. The predicted molar refractivity (Wildman–Crippen MR) is 86.8 cm³/mol. The zero-order chi connectivity index (χ0) is 15.9. The Morgan fingerprint density at radius 1 is 0.909 bits per heavy atom. The van der Waals surface area contributed by atoms with Crippen molar-refractivity contribution < 1.29 is 20.4 Å². The predicted octanol–water partition coefficient (Wildman–Crippen LogP) is 2.46. The van der Waals surface area contributed by atoms with E-state index in [9.17, 15) is 15.3 Å². The number of hydrogen-bond acceptors (Lipinski definition) is 5. The van der Waals surface area contributed by atoms with Gasteiger partial charge < -0.3 is 20.4 Å². The lowest BCUT2D eigenvalue weighted by Crippen LogP contribution is -2.15. The summed E-state index contributed by atoms with van der Waals surface area (Å²) < 4.78 is 0. The van der Waals surface area contributed by atoms with Crippen LogP contribution >= 0.6 is 11.8 Å². The van der Waals surface area contributed by atoms with E-state index in [0.29, 0.717) is 5.75 Å². The number of aliphatic hydroxyl groups is 3. The van der Waals surface area contributed by atoms with Gasteiger partial charge in [-0.25, -0.2) is 0 Å². The Morgan fingerprint density at radius 2 is 1.55 bits per heavy atom. The molecule has 2 rings (SSSR count). The van der Waals surface area contributed by atoms with Gasteiger partial charge in [-0.05, 0) is 35.4 Å². The molecule has 0 saturated carbocycles. The van der Waals surface area contributed by atoms with Gasteiger partial charge in [0.15, 0.2) is 0 Å². The Hall–Kier alpha value is -1.53. The van der Waals surface area contributed by atoms with Crippen LogP contribution in [0.15, 0.2) is 53.4 Å². The summed E-state index contributed by atoms with van der Waals surface area (Å²) in [5, 5.41) is 38.3. The molecule has 4 nitrogen and oxygen atoms in total. The van der Waals surface area contributed by atoms with Crippen molar-refractivity contribution in [2.75, 3.05) is 5.75 Å².